The molecule has 1 atom stereocenters. The van der Waals surface area contributed by atoms with Crippen molar-refractivity contribution in [1.82, 2.24) is 4.90 Å². The van der Waals surface area contributed by atoms with E-state index < -0.39 is 0 Å². The fourth-order valence-electron chi connectivity index (χ4n) is 2.13. The predicted molar refractivity (Wildman–Crippen MR) is 63.9 cm³/mol. The number of carbonyl (C=O) groups is 1. The number of benzene rings is 1. The molecule has 1 fully saturated rings. The Morgan fingerprint density at radius 3 is 2.75 bits per heavy atom. The summed E-state index contributed by atoms with van der Waals surface area (Å²) in [7, 11) is 0. The Balaban J connectivity index is 1.90. The van der Waals surface area contributed by atoms with Crippen LogP contribution in [0.3, 0.4) is 0 Å². The van der Waals surface area contributed by atoms with Crippen molar-refractivity contribution in [2.24, 2.45) is 11.7 Å². The van der Waals surface area contributed by atoms with E-state index in [0.29, 0.717) is 18.9 Å². The van der Waals surface area contributed by atoms with Crippen LogP contribution in [-0.2, 0) is 11.2 Å². The zero-order valence-corrected chi connectivity index (χ0v) is 9.43. The molecule has 0 radical (unpaired) electrons. The summed E-state index contributed by atoms with van der Waals surface area (Å²) in [4.78, 5) is 13.9. The molecule has 1 heterocycles. The van der Waals surface area contributed by atoms with Crippen molar-refractivity contribution in [2.75, 3.05) is 19.6 Å². The minimum Gasteiger partial charge on any atom is -0.342 e. The third-order valence-corrected chi connectivity index (χ3v) is 3.17. The average Bonchev–Trinajstić information content (AvgIpc) is 2.79. The highest BCUT2D eigenvalue weighted by molar-refractivity contribution is 5.79. The molecule has 16 heavy (non-hydrogen) atoms. The van der Waals surface area contributed by atoms with Crippen LogP contribution in [0.2, 0.25) is 0 Å². The lowest BCUT2D eigenvalue weighted by Gasteiger charge is -2.16. The highest BCUT2D eigenvalue weighted by atomic mass is 16.2. The maximum Gasteiger partial charge on any atom is 0.226 e. The third-order valence-electron chi connectivity index (χ3n) is 3.17. The van der Waals surface area contributed by atoms with Gasteiger partial charge in [0.1, 0.15) is 0 Å². The Kier molecular flexibility index (Phi) is 3.57. The van der Waals surface area contributed by atoms with Crippen molar-refractivity contribution < 1.29 is 4.79 Å². The summed E-state index contributed by atoms with van der Waals surface area (Å²) in [5.74, 6) is 0.724. The molecular weight excluding hydrogens is 200 g/mol. The van der Waals surface area contributed by atoms with Gasteiger partial charge in [0, 0.05) is 13.1 Å². The average molecular weight is 218 g/mol. The zero-order valence-electron chi connectivity index (χ0n) is 9.43. The van der Waals surface area contributed by atoms with Crippen LogP contribution in [0, 0.1) is 5.92 Å². The van der Waals surface area contributed by atoms with Crippen LogP contribution in [0.25, 0.3) is 0 Å². The second kappa shape index (κ2) is 5.12. The summed E-state index contributed by atoms with van der Waals surface area (Å²) in [6, 6.07) is 9.89. The zero-order chi connectivity index (χ0) is 11.4. The molecule has 3 heteroatoms. The molecule has 86 valence electrons. The molecule has 1 saturated heterocycles. The molecule has 0 saturated carbocycles. The lowest BCUT2D eigenvalue weighted by Crippen LogP contribution is -2.31. The molecule has 2 N–H and O–H groups in total. The number of likely N-dealkylation sites (tertiary alicyclic amines) is 1. The number of hydrogen-bond donors (Lipinski definition) is 1. The Morgan fingerprint density at radius 1 is 1.38 bits per heavy atom. The lowest BCUT2D eigenvalue weighted by molar-refractivity contribution is -0.129. The fourth-order valence-corrected chi connectivity index (χ4v) is 2.13. The van der Waals surface area contributed by atoms with Crippen LogP contribution < -0.4 is 5.73 Å². The second-order valence-corrected chi connectivity index (χ2v) is 4.39. The maximum absolute atomic E-state index is 12.0. The van der Waals surface area contributed by atoms with E-state index in [1.165, 1.54) is 0 Å². The van der Waals surface area contributed by atoms with Gasteiger partial charge in [-0.3, -0.25) is 4.79 Å². The summed E-state index contributed by atoms with van der Waals surface area (Å²) in [5.41, 5.74) is 6.70. The van der Waals surface area contributed by atoms with Gasteiger partial charge in [-0.05, 0) is 24.4 Å². The molecule has 1 aliphatic heterocycles. The molecular formula is C13H18N2O. The molecule has 0 aromatic heterocycles. The Bertz CT molecular complexity index is 350. The Labute approximate surface area is 96.2 Å². The van der Waals surface area contributed by atoms with Crippen LogP contribution in [0.4, 0.5) is 0 Å². The number of hydrogen-bond acceptors (Lipinski definition) is 2. The van der Waals surface area contributed by atoms with E-state index in [1.54, 1.807) is 0 Å². The highest BCUT2D eigenvalue weighted by Crippen LogP contribution is 2.16. The minimum atomic E-state index is 0.224. The normalized spacial score (nSPS) is 20.1. The quantitative estimate of drug-likeness (QED) is 0.824. The summed E-state index contributed by atoms with van der Waals surface area (Å²) >= 11 is 0. The van der Waals surface area contributed by atoms with Crippen molar-refractivity contribution in [1.29, 1.82) is 0 Å². The monoisotopic (exact) mass is 218 g/mol. The Morgan fingerprint density at radius 2 is 2.12 bits per heavy atom. The first-order valence-electron chi connectivity index (χ1n) is 5.81. The topological polar surface area (TPSA) is 46.3 Å². The number of carbonyl (C=O) groups excluding carboxylic acids is 1. The standard InChI is InChI=1S/C13H18N2O/c14-9-12-6-7-15(10-12)13(16)8-11-4-2-1-3-5-11/h1-5,12H,6-10,14H2/t12-/m1/s1. The first-order valence-corrected chi connectivity index (χ1v) is 5.81. The van der Waals surface area contributed by atoms with Crippen LogP contribution >= 0.6 is 0 Å². The van der Waals surface area contributed by atoms with Crippen molar-refractivity contribution in [3.63, 3.8) is 0 Å². The minimum absolute atomic E-state index is 0.224. The summed E-state index contributed by atoms with van der Waals surface area (Å²) in [6.45, 7) is 2.39. The van der Waals surface area contributed by atoms with Crippen molar-refractivity contribution in [2.45, 2.75) is 12.8 Å². The van der Waals surface area contributed by atoms with Gasteiger partial charge in [-0.25, -0.2) is 0 Å². The van der Waals surface area contributed by atoms with Gasteiger partial charge >= 0.3 is 0 Å². The van der Waals surface area contributed by atoms with Gasteiger partial charge < -0.3 is 10.6 Å². The summed E-state index contributed by atoms with van der Waals surface area (Å²) in [6.07, 6.45) is 1.56. The van der Waals surface area contributed by atoms with Crippen molar-refractivity contribution in [3.05, 3.63) is 35.9 Å². The van der Waals surface area contributed by atoms with Crippen LogP contribution in [0.5, 0.6) is 0 Å². The number of rotatable bonds is 3. The van der Waals surface area contributed by atoms with Crippen molar-refractivity contribution in [3.8, 4) is 0 Å². The summed E-state index contributed by atoms with van der Waals surface area (Å²) in [5, 5.41) is 0. The predicted octanol–water partition coefficient (Wildman–Crippen LogP) is 1.04. The fraction of sp³-hybridized carbons (Fsp3) is 0.462. The van der Waals surface area contributed by atoms with Crippen LogP contribution in [0.15, 0.2) is 30.3 Å². The molecule has 1 aromatic rings. The van der Waals surface area contributed by atoms with E-state index in [9.17, 15) is 4.79 Å². The van der Waals surface area contributed by atoms with Gasteiger partial charge in [0.05, 0.1) is 6.42 Å². The lowest BCUT2D eigenvalue weighted by atomic mass is 10.1. The van der Waals surface area contributed by atoms with Gasteiger partial charge in [-0.1, -0.05) is 30.3 Å². The smallest absolute Gasteiger partial charge is 0.226 e. The number of nitrogens with zero attached hydrogens (tertiary/aromatic N) is 1. The molecule has 1 aliphatic rings. The molecule has 3 nitrogen and oxygen atoms in total. The largest absolute Gasteiger partial charge is 0.342 e. The van der Waals surface area contributed by atoms with Crippen molar-refractivity contribution >= 4 is 5.91 Å². The molecule has 2 rings (SSSR count). The van der Waals surface area contributed by atoms with E-state index in [1.807, 2.05) is 35.2 Å². The third kappa shape index (κ3) is 2.61. The Hall–Kier alpha value is -1.35. The SMILES string of the molecule is NC[C@H]1CCN(C(=O)Cc2ccccc2)C1. The van der Waals surface area contributed by atoms with E-state index in [2.05, 4.69) is 0 Å². The molecule has 1 aromatic carbocycles. The van der Waals surface area contributed by atoms with Gasteiger partial charge in [0.15, 0.2) is 0 Å². The van der Waals surface area contributed by atoms with Gasteiger partial charge in [-0.2, -0.15) is 0 Å². The van der Waals surface area contributed by atoms with E-state index >= 15 is 0 Å². The van der Waals surface area contributed by atoms with E-state index in [0.717, 1.165) is 25.1 Å². The van der Waals surface area contributed by atoms with Gasteiger partial charge in [-0.15, -0.1) is 0 Å². The van der Waals surface area contributed by atoms with Gasteiger partial charge in [0.25, 0.3) is 0 Å². The van der Waals surface area contributed by atoms with Crippen LogP contribution in [-0.4, -0.2) is 30.4 Å². The second-order valence-electron chi connectivity index (χ2n) is 4.39. The first kappa shape index (κ1) is 11.1. The number of nitrogens with two attached hydrogens (primary N) is 1. The first-order chi connectivity index (χ1) is 7.79. The molecule has 1 amide bonds. The number of amides is 1. The van der Waals surface area contributed by atoms with E-state index in [4.69, 9.17) is 5.73 Å². The van der Waals surface area contributed by atoms with Gasteiger partial charge in [0.2, 0.25) is 5.91 Å². The molecule has 0 aliphatic carbocycles. The maximum atomic E-state index is 12.0. The molecule has 0 spiro atoms. The molecule has 0 unspecified atom stereocenters. The van der Waals surface area contributed by atoms with Crippen LogP contribution in [0.1, 0.15) is 12.0 Å². The highest BCUT2D eigenvalue weighted by Gasteiger charge is 2.24. The van der Waals surface area contributed by atoms with E-state index in [-0.39, 0.29) is 5.91 Å². The summed E-state index contributed by atoms with van der Waals surface area (Å²) < 4.78 is 0. The molecule has 0 bridgehead atoms.